The van der Waals surface area contributed by atoms with Crippen molar-refractivity contribution in [1.29, 1.82) is 0 Å². The summed E-state index contributed by atoms with van der Waals surface area (Å²) in [5.74, 6) is 0. The van der Waals surface area contributed by atoms with Crippen LogP contribution in [0.3, 0.4) is 0 Å². The van der Waals surface area contributed by atoms with E-state index in [2.05, 4.69) is 62.4 Å². The molecular weight excluding hydrogens is 392 g/mol. The molecule has 0 amide bonds. The largest absolute Gasteiger partial charge is 0.456 e. The molecule has 3 heteroatoms. The van der Waals surface area contributed by atoms with Gasteiger partial charge in [-0.3, -0.25) is 0 Å². The molecule has 0 radical (unpaired) electrons. The summed E-state index contributed by atoms with van der Waals surface area (Å²) in [5.41, 5.74) is 11.2. The number of nitrogens with zero attached hydrogens (tertiary/aromatic N) is 2. The molecule has 3 aromatic carbocycles. The third-order valence-corrected chi connectivity index (χ3v) is 6.65. The second-order valence-electron chi connectivity index (χ2n) is 8.55. The lowest BCUT2D eigenvalue weighted by Gasteiger charge is -2.10. The SMILES string of the molecule is [C-]#[N+]c1ccc2c(oc3c(-c4ccc(C)c(C)[n+]4C)c(C)cc(C)c32)c1-c1ccccc1. The fourth-order valence-corrected chi connectivity index (χ4v) is 4.79. The van der Waals surface area contributed by atoms with Crippen LogP contribution in [0.25, 0.3) is 49.2 Å². The third-order valence-electron chi connectivity index (χ3n) is 6.65. The van der Waals surface area contributed by atoms with Crippen molar-refractivity contribution in [1.82, 2.24) is 0 Å². The summed E-state index contributed by atoms with van der Waals surface area (Å²) in [6.45, 7) is 16.3. The molecule has 3 nitrogen and oxygen atoms in total. The van der Waals surface area contributed by atoms with Gasteiger partial charge in [-0.2, -0.15) is 4.57 Å². The minimum atomic E-state index is 0.607. The van der Waals surface area contributed by atoms with Gasteiger partial charge in [0.05, 0.1) is 12.1 Å². The molecular formula is C29H25N2O+. The molecule has 0 aliphatic heterocycles. The Kier molecular flexibility index (Phi) is 4.60. The molecule has 0 N–H and O–H groups in total. The van der Waals surface area contributed by atoms with E-state index in [-0.39, 0.29) is 0 Å². The van der Waals surface area contributed by atoms with Crippen LogP contribution in [0, 0.1) is 34.3 Å². The maximum absolute atomic E-state index is 7.75. The monoisotopic (exact) mass is 417 g/mol. The zero-order valence-electron chi connectivity index (χ0n) is 19.1. The third kappa shape index (κ3) is 2.84. The number of aryl methyl sites for hydroxylation is 3. The summed E-state index contributed by atoms with van der Waals surface area (Å²) >= 11 is 0. The highest BCUT2D eigenvalue weighted by Gasteiger charge is 2.25. The van der Waals surface area contributed by atoms with E-state index in [1.807, 2.05) is 42.5 Å². The van der Waals surface area contributed by atoms with E-state index in [1.54, 1.807) is 0 Å². The van der Waals surface area contributed by atoms with Crippen LogP contribution >= 0.6 is 0 Å². The molecule has 0 saturated carbocycles. The predicted octanol–water partition coefficient (Wildman–Crippen LogP) is 7.53. The first-order chi connectivity index (χ1) is 15.4. The average molecular weight is 418 g/mol. The Balaban J connectivity index is 1.96. The van der Waals surface area contributed by atoms with Crippen LogP contribution in [-0.4, -0.2) is 0 Å². The summed E-state index contributed by atoms with van der Waals surface area (Å²) in [4.78, 5) is 3.81. The molecule has 0 bridgehead atoms. The van der Waals surface area contributed by atoms with Crippen LogP contribution in [-0.2, 0) is 7.05 Å². The Morgan fingerprint density at radius 3 is 2.25 bits per heavy atom. The van der Waals surface area contributed by atoms with Gasteiger partial charge in [0.2, 0.25) is 5.69 Å². The molecule has 156 valence electrons. The van der Waals surface area contributed by atoms with Gasteiger partial charge < -0.3 is 4.42 Å². The van der Waals surface area contributed by atoms with Gasteiger partial charge in [0.25, 0.3) is 0 Å². The summed E-state index contributed by atoms with van der Waals surface area (Å²) in [7, 11) is 2.11. The van der Waals surface area contributed by atoms with E-state index in [1.165, 1.54) is 22.4 Å². The number of fused-ring (bicyclic) bond motifs is 3. The van der Waals surface area contributed by atoms with Crippen molar-refractivity contribution in [3.8, 4) is 22.4 Å². The topological polar surface area (TPSA) is 21.4 Å². The maximum atomic E-state index is 7.75. The Labute approximate surface area is 188 Å². The number of furan rings is 1. The van der Waals surface area contributed by atoms with E-state index in [9.17, 15) is 0 Å². The molecule has 2 heterocycles. The van der Waals surface area contributed by atoms with Gasteiger partial charge in [0.15, 0.2) is 11.4 Å². The van der Waals surface area contributed by atoms with Crippen LogP contribution in [0.15, 0.2) is 65.1 Å². The van der Waals surface area contributed by atoms with Gasteiger partial charge in [0, 0.05) is 34.9 Å². The van der Waals surface area contributed by atoms with Crippen molar-refractivity contribution < 1.29 is 8.98 Å². The number of hydrogen-bond acceptors (Lipinski definition) is 1. The minimum absolute atomic E-state index is 0.607. The number of hydrogen-bond donors (Lipinski definition) is 0. The zero-order valence-corrected chi connectivity index (χ0v) is 19.1. The first-order valence-electron chi connectivity index (χ1n) is 10.8. The van der Waals surface area contributed by atoms with Crippen LogP contribution in [0.5, 0.6) is 0 Å². The summed E-state index contributed by atoms with van der Waals surface area (Å²) in [6, 6.07) is 20.6. The fraction of sp³-hybridized carbons (Fsp3) is 0.172. The zero-order chi connectivity index (χ0) is 22.6. The average Bonchev–Trinajstić information content (AvgIpc) is 3.18. The van der Waals surface area contributed by atoms with Crippen LogP contribution in [0.1, 0.15) is 22.4 Å². The van der Waals surface area contributed by atoms with Crippen LogP contribution in [0.2, 0.25) is 0 Å². The molecule has 5 aromatic rings. The summed E-state index contributed by atoms with van der Waals surface area (Å²) < 4.78 is 8.93. The summed E-state index contributed by atoms with van der Waals surface area (Å²) in [6.07, 6.45) is 0. The van der Waals surface area contributed by atoms with Gasteiger partial charge in [0.1, 0.15) is 18.2 Å². The Hall–Kier alpha value is -3.90. The Bertz CT molecular complexity index is 1570. The fourth-order valence-electron chi connectivity index (χ4n) is 4.79. The first kappa shape index (κ1) is 20.0. The summed E-state index contributed by atoms with van der Waals surface area (Å²) in [5, 5.41) is 2.17. The molecule has 0 saturated heterocycles. The molecule has 32 heavy (non-hydrogen) atoms. The second kappa shape index (κ2) is 7.35. The van der Waals surface area contributed by atoms with Gasteiger partial charge in [-0.25, -0.2) is 4.85 Å². The standard InChI is InChI=1S/C29H25N2O/c1-17-12-15-24(31(6)20(17)4)26-19(3)16-18(2)25-22-13-14-23(30-5)27(28(22)32-29(25)26)21-10-8-7-9-11-21/h7-16H,1-4,6H3/q+1. The number of pyridine rings is 1. The van der Waals surface area contributed by atoms with Gasteiger partial charge in [-0.05, 0) is 43.5 Å². The lowest BCUT2D eigenvalue weighted by atomic mass is 9.95. The Morgan fingerprint density at radius 2 is 1.53 bits per heavy atom. The quantitative estimate of drug-likeness (QED) is 0.215. The van der Waals surface area contributed by atoms with Crippen LogP contribution < -0.4 is 4.57 Å². The molecule has 0 unspecified atom stereocenters. The molecule has 0 fully saturated rings. The van der Waals surface area contributed by atoms with E-state index in [0.717, 1.165) is 44.3 Å². The number of aromatic nitrogens is 1. The second-order valence-corrected chi connectivity index (χ2v) is 8.55. The normalized spacial score (nSPS) is 11.2. The molecule has 5 rings (SSSR count). The Morgan fingerprint density at radius 1 is 0.781 bits per heavy atom. The van der Waals surface area contributed by atoms with Crippen molar-refractivity contribution in [2.24, 2.45) is 7.05 Å². The van der Waals surface area contributed by atoms with Crippen molar-refractivity contribution in [3.63, 3.8) is 0 Å². The first-order valence-corrected chi connectivity index (χ1v) is 10.8. The molecule has 2 aromatic heterocycles. The van der Waals surface area contributed by atoms with E-state index >= 15 is 0 Å². The lowest BCUT2D eigenvalue weighted by molar-refractivity contribution is -0.667. The van der Waals surface area contributed by atoms with E-state index in [0.29, 0.717) is 5.69 Å². The minimum Gasteiger partial charge on any atom is -0.456 e. The van der Waals surface area contributed by atoms with Crippen molar-refractivity contribution in [2.45, 2.75) is 27.7 Å². The van der Waals surface area contributed by atoms with E-state index < -0.39 is 0 Å². The van der Waals surface area contributed by atoms with Crippen molar-refractivity contribution in [2.75, 3.05) is 0 Å². The van der Waals surface area contributed by atoms with Crippen LogP contribution in [0.4, 0.5) is 5.69 Å². The van der Waals surface area contributed by atoms with Gasteiger partial charge in [-0.15, -0.1) is 0 Å². The predicted molar refractivity (Wildman–Crippen MR) is 131 cm³/mol. The molecule has 0 aliphatic carbocycles. The highest BCUT2D eigenvalue weighted by atomic mass is 16.3. The maximum Gasteiger partial charge on any atom is 0.216 e. The lowest BCUT2D eigenvalue weighted by Crippen LogP contribution is -2.35. The highest BCUT2D eigenvalue weighted by Crippen LogP contribution is 2.45. The van der Waals surface area contributed by atoms with Gasteiger partial charge >= 0.3 is 0 Å². The van der Waals surface area contributed by atoms with Crippen molar-refractivity contribution in [3.05, 3.63) is 94.5 Å². The van der Waals surface area contributed by atoms with Crippen molar-refractivity contribution >= 4 is 27.6 Å². The number of rotatable bonds is 2. The molecule has 0 aliphatic rings. The molecule has 0 atom stereocenters. The highest BCUT2D eigenvalue weighted by molar-refractivity contribution is 6.16. The van der Waals surface area contributed by atoms with Gasteiger partial charge in [-0.1, -0.05) is 48.5 Å². The van der Waals surface area contributed by atoms with E-state index in [4.69, 9.17) is 11.0 Å². The smallest absolute Gasteiger partial charge is 0.216 e. The number of benzene rings is 3. The molecule has 0 spiro atoms.